The summed E-state index contributed by atoms with van der Waals surface area (Å²) in [6.07, 6.45) is 35.2. The lowest BCUT2D eigenvalue weighted by Gasteiger charge is -2.33. The predicted octanol–water partition coefficient (Wildman–Crippen LogP) is 9.65. The van der Waals surface area contributed by atoms with Crippen molar-refractivity contribution in [2.45, 2.75) is 162 Å². The summed E-state index contributed by atoms with van der Waals surface area (Å²) in [6, 6.07) is 0. The minimum absolute atomic E-state index is 0.637. The van der Waals surface area contributed by atoms with Gasteiger partial charge in [0.15, 0.2) is 0 Å². The minimum atomic E-state index is 0.637. The number of unbranched alkanes of at least 4 members (excludes halogenated alkanes) is 17. The fraction of sp³-hybridized carbons (Fsp3) is 0.931. The van der Waals surface area contributed by atoms with E-state index < -0.39 is 0 Å². The molecule has 0 amide bonds. The maximum absolute atomic E-state index is 2.62. The fourth-order valence-corrected chi connectivity index (χ4v) is 4.98. The zero-order valence-corrected chi connectivity index (χ0v) is 21.9. The van der Waals surface area contributed by atoms with Crippen LogP contribution in [-0.4, -0.2) is 29.1 Å². The van der Waals surface area contributed by atoms with Gasteiger partial charge < -0.3 is 9.80 Å². The van der Waals surface area contributed by atoms with Gasteiger partial charge in [0.05, 0.1) is 0 Å². The SMILES string of the molecule is CCCCCCCCCCCCCCCCCCN1C=CN(CCCCC)C1CCC. The monoisotopic (exact) mass is 434 g/mol. The van der Waals surface area contributed by atoms with Gasteiger partial charge in [0.25, 0.3) is 0 Å². The van der Waals surface area contributed by atoms with Crippen LogP contribution in [-0.2, 0) is 0 Å². The molecule has 1 unspecified atom stereocenters. The van der Waals surface area contributed by atoms with Gasteiger partial charge >= 0.3 is 0 Å². The molecule has 0 saturated heterocycles. The van der Waals surface area contributed by atoms with E-state index in [9.17, 15) is 0 Å². The maximum atomic E-state index is 2.62. The second-order valence-corrected chi connectivity index (χ2v) is 10.1. The van der Waals surface area contributed by atoms with E-state index in [4.69, 9.17) is 0 Å². The summed E-state index contributed by atoms with van der Waals surface area (Å²) in [5.41, 5.74) is 0. The molecule has 0 aliphatic carbocycles. The van der Waals surface area contributed by atoms with Crippen LogP contribution >= 0.6 is 0 Å². The lowest BCUT2D eigenvalue weighted by atomic mass is 10.0. The fourth-order valence-electron chi connectivity index (χ4n) is 4.98. The molecule has 1 rings (SSSR count). The third-order valence-electron chi connectivity index (χ3n) is 7.05. The zero-order chi connectivity index (χ0) is 22.4. The third kappa shape index (κ3) is 14.9. The van der Waals surface area contributed by atoms with Crippen molar-refractivity contribution < 1.29 is 0 Å². The lowest BCUT2D eigenvalue weighted by Crippen LogP contribution is -2.39. The summed E-state index contributed by atoms with van der Waals surface area (Å²) in [5, 5.41) is 0. The van der Waals surface area contributed by atoms with Crippen LogP contribution in [0.25, 0.3) is 0 Å². The standard InChI is InChI=1S/C29H58N2/c1-4-7-9-10-11-12-13-14-15-16-17-18-19-20-21-23-26-31-28-27-30(25-22-8-5-2)29(31)24-6-3/h27-29H,4-26H2,1-3H3. The Morgan fingerprint density at radius 2 is 0.742 bits per heavy atom. The second kappa shape index (κ2) is 21.2. The van der Waals surface area contributed by atoms with Crippen molar-refractivity contribution in [2.24, 2.45) is 0 Å². The molecule has 0 bridgehead atoms. The molecule has 0 spiro atoms. The average molecular weight is 435 g/mol. The highest BCUT2D eigenvalue weighted by Gasteiger charge is 2.24. The largest absolute Gasteiger partial charge is 0.356 e. The van der Waals surface area contributed by atoms with E-state index in [2.05, 4.69) is 43.0 Å². The van der Waals surface area contributed by atoms with Crippen LogP contribution in [0.15, 0.2) is 12.4 Å². The van der Waals surface area contributed by atoms with Crippen molar-refractivity contribution in [1.29, 1.82) is 0 Å². The highest BCUT2D eigenvalue weighted by molar-refractivity contribution is 4.96. The molecule has 1 heterocycles. The molecule has 2 heteroatoms. The summed E-state index contributed by atoms with van der Waals surface area (Å²) >= 11 is 0. The summed E-state index contributed by atoms with van der Waals surface area (Å²) in [6.45, 7) is 9.42. The Bertz CT molecular complexity index is 392. The van der Waals surface area contributed by atoms with Crippen LogP contribution < -0.4 is 0 Å². The number of rotatable bonds is 23. The van der Waals surface area contributed by atoms with Gasteiger partial charge in [0.2, 0.25) is 0 Å². The van der Waals surface area contributed by atoms with Crippen molar-refractivity contribution in [1.82, 2.24) is 9.80 Å². The van der Waals surface area contributed by atoms with Gasteiger partial charge in [-0.2, -0.15) is 0 Å². The first-order valence-corrected chi connectivity index (χ1v) is 14.5. The highest BCUT2D eigenvalue weighted by Crippen LogP contribution is 2.22. The van der Waals surface area contributed by atoms with Gasteiger partial charge in [-0.15, -0.1) is 0 Å². The Morgan fingerprint density at radius 3 is 1.13 bits per heavy atom. The van der Waals surface area contributed by atoms with Crippen molar-refractivity contribution in [3.05, 3.63) is 12.4 Å². The summed E-state index contributed by atoms with van der Waals surface area (Å²) in [7, 11) is 0. The van der Waals surface area contributed by atoms with Gasteiger partial charge in [-0.25, -0.2) is 0 Å². The Hall–Kier alpha value is -0.660. The quantitative estimate of drug-likeness (QED) is 0.148. The molecule has 31 heavy (non-hydrogen) atoms. The van der Waals surface area contributed by atoms with Crippen LogP contribution in [0.2, 0.25) is 0 Å². The first-order valence-electron chi connectivity index (χ1n) is 14.5. The van der Waals surface area contributed by atoms with E-state index in [1.807, 2.05) is 0 Å². The normalized spacial score (nSPS) is 16.0. The van der Waals surface area contributed by atoms with Crippen LogP contribution in [0, 0.1) is 0 Å². The summed E-state index contributed by atoms with van der Waals surface area (Å²) < 4.78 is 0. The van der Waals surface area contributed by atoms with Crippen molar-refractivity contribution in [2.75, 3.05) is 13.1 Å². The Kier molecular flexibility index (Phi) is 19.4. The predicted molar refractivity (Wildman–Crippen MR) is 140 cm³/mol. The van der Waals surface area contributed by atoms with Crippen LogP contribution in [0.4, 0.5) is 0 Å². The molecule has 1 aliphatic heterocycles. The van der Waals surface area contributed by atoms with E-state index >= 15 is 0 Å². The first kappa shape index (κ1) is 28.4. The highest BCUT2D eigenvalue weighted by atomic mass is 15.4. The molecular weight excluding hydrogens is 376 g/mol. The van der Waals surface area contributed by atoms with E-state index in [0.717, 1.165) is 0 Å². The van der Waals surface area contributed by atoms with Crippen molar-refractivity contribution in [3.63, 3.8) is 0 Å². The van der Waals surface area contributed by atoms with Gasteiger partial charge in [0.1, 0.15) is 6.17 Å². The molecule has 0 radical (unpaired) electrons. The van der Waals surface area contributed by atoms with E-state index in [-0.39, 0.29) is 0 Å². The smallest absolute Gasteiger partial charge is 0.101 e. The minimum Gasteiger partial charge on any atom is -0.356 e. The van der Waals surface area contributed by atoms with Gasteiger partial charge in [0, 0.05) is 25.5 Å². The Morgan fingerprint density at radius 1 is 0.419 bits per heavy atom. The molecular formula is C29H58N2. The number of hydrogen-bond acceptors (Lipinski definition) is 2. The molecule has 2 nitrogen and oxygen atoms in total. The summed E-state index contributed by atoms with van der Waals surface area (Å²) in [4.78, 5) is 5.23. The molecule has 0 saturated carbocycles. The summed E-state index contributed by atoms with van der Waals surface area (Å²) in [5.74, 6) is 0. The third-order valence-corrected chi connectivity index (χ3v) is 7.05. The molecule has 1 aliphatic rings. The van der Waals surface area contributed by atoms with Gasteiger partial charge in [-0.05, 0) is 19.3 Å². The average Bonchev–Trinajstić information content (AvgIpc) is 3.15. The van der Waals surface area contributed by atoms with Crippen molar-refractivity contribution in [3.8, 4) is 0 Å². The Balaban J connectivity index is 1.90. The zero-order valence-electron chi connectivity index (χ0n) is 21.9. The van der Waals surface area contributed by atoms with Crippen LogP contribution in [0.3, 0.4) is 0 Å². The molecule has 0 N–H and O–H groups in total. The molecule has 1 atom stereocenters. The lowest BCUT2D eigenvalue weighted by molar-refractivity contribution is 0.138. The molecule has 0 fully saturated rings. The number of nitrogens with zero attached hydrogens (tertiary/aromatic N) is 2. The van der Waals surface area contributed by atoms with E-state index in [1.54, 1.807) is 0 Å². The number of hydrogen-bond donors (Lipinski definition) is 0. The van der Waals surface area contributed by atoms with Crippen LogP contribution in [0.5, 0.6) is 0 Å². The topological polar surface area (TPSA) is 6.48 Å². The van der Waals surface area contributed by atoms with E-state index in [1.165, 1.54) is 148 Å². The molecule has 0 aromatic heterocycles. The second-order valence-electron chi connectivity index (χ2n) is 10.1. The van der Waals surface area contributed by atoms with Crippen molar-refractivity contribution >= 4 is 0 Å². The molecule has 0 aromatic carbocycles. The van der Waals surface area contributed by atoms with Crippen LogP contribution in [0.1, 0.15) is 156 Å². The van der Waals surface area contributed by atoms with Gasteiger partial charge in [-0.3, -0.25) is 0 Å². The maximum Gasteiger partial charge on any atom is 0.101 e. The Labute approximate surface area is 197 Å². The van der Waals surface area contributed by atoms with E-state index in [0.29, 0.717) is 6.17 Å². The molecule has 0 aromatic rings. The first-order chi connectivity index (χ1) is 15.3. The molecule has 184 valence electrons. The van der Waals surface area contributed by atoms with Gasteiger partial charge in [-0.1, -0.05) is 136 Å².